The second-order valence-corrected chi connectivity index (χ2v) is 10.6. The first-order valence-electron chi connectivity index (χ1n) is 11.1. The highest BCUT2D eigenvalue weighted by atomic mass is 32.2. The number of nitrogen functional groups attached to an aromatic ring is 1. The van der Waals surface area contributed by atoms with Crippen molar-refractivity contribution in [1.29, 1.82) is 0 Å². The number of carboxylic acids is 1. The number of nitrogens with one attached hydrogen (secondary N) is 2. The summed E-state index contributed by atoms with van der Waals surface area (Å²) in [7, 11) is 1.29. The van der Waals surface area contributed by atoms with Gasteiger partial charge in [-0.1, -0.05) is 11.2 Å². The summed E-state index contributed by atoms with van der Waals surface area (Å²) in [6.07, 6.45) is 9.46. The molecule has 5 rings (SSSR count). The zero-order valence-electron chi connectivity index (χ0n) is 18.9. The zero-order valence-corrected chi connectivity index (χ0v) is 20.5. The lowest BCUT2D eigenvalue weighted by Crippen LogP contribution is -3.12. The molecule has 4 aliphatic rings. The van der Waals surface area contributed by atoms with Crippen molar-refractivity contribution in [1.82, 2.24) is 15.2 Å². The van der Waals surface area contributed by atoms with Crippen LogP contribution in [0.15, 0.2) is 45.7 Å². The Labute approximate surface area is 209 Å². The van der Waals surface area contributed by atoms with Gasteiger partial charge in [-0.05, 0) is 24.5 Å². The number of quaternary nitrogens is 1. The smallest absolute Gasteiger partial charge is 0.276 e. The molecule has 4 atom stereocenters. The average Bonchev–Trinajstić information content (AvgIpc) is 3.49. The van der Waals surface area contributed by atoms with E-state index in [4.69, 9.17) is 10.6 Å². The van der Waals surface area contributed by atoms with Crippen molar-refractivity contribution in [2.75, 3.05) is 25.1 Å². The number of allylic oxidation sites excluding steroid dienone is 2. The van der Waals surface area contributed by atoms with Crippen LogP contribution in [-0.2, 0) is 19.2 Å². The summed E-state index contributed by atoms with van der Waals surface area (Å²) in [6.45, 7) is 0.484. The molecule has 0 radical (unpaired) electrons. The normalized spacial score (nSPS) is 27.7. The first-order valence-corrected chi connectivity index (χ1v) is 13.1. The minimum Gasteiger partial charge on any atom is -0.543 e. The van der Waals surface area contributed by atoms with Crippen LogP contribution in [-0.4, -0.2) is 70.2 Å². The molecule has 0 aromatic carbocycles. The van der Waals surface area contributed by atoms with Gasteiger partial charge in [-0.3, -0.25) is 19.4 Å². The van der Waals surface area contributed by atoms with E-state index in [0.29, 0.717) is 23.9 Å². The number of nitrogens with two attached hydrogens (primary N) is 1. The van der Waals surface area contributed by atoms with Crippen LogP contribution in [0.5, 0.6) is 0 Å². The molecule has 4 heterocycles. The summed E-state index contributed by atoms with van der Waals surface area (Å²) in [5.41, 5.74) is 7.72. The number of rotatable bonds is 7. The zero-order chi connectivity index (χ0) is 24.7. The van der Waals surface area contributed by atoms with Crippen molar-refractivity contribution < 1.29 is 29.2 Å². The summed E-state index contributed by atoms with van der Waals surface area (Å²) in [5, 5.41) is 19.8. The number of aliphatic carboxylic acids is 1. The minimum atomic E-state index is -1.38. The highest BCUT2D eigenvalue weighted by Gasteiger charge is 2.53. The van der Waals surface area contributed by atoms with Gasteiger partial charge >= 0.3 is 0 Å². The van der Waals surface area contributed by atoms with Gasteiger partial charge in [0.2, 0.25) is 0 Å². The Bertz CT molecular complexity index is 1200. The molecule has 0 bridgehead atoms. The number of amides is 2. The van der Waals surface area contributed by atoms with Crippen molar-refractivity contribution >= 4 is 51.7 Å². The van der Waals surface area contributed by atoms with Crippen molar-refractivity contribution in [3.63, 3.8) is 0 Å². The number of oxime groups is 1. The standard InChI is InChI=1S/C22H24N6O5S2/c1-33-26-15(13-10-35-22(23)24-13)18(29)25-16-19(30)28-17(21(31)32)12(9-34-20(16)28)8-27-7-3-5-11-4-2-6-14(11)27/h3,5,7,10,14,16,20H,2,4,6,8-9H2,1H3,(H2,23,24)(H,25,29)(H,31,32). The molecule has 1 saturated heterocycles. The number of nitrogens with zero attached hydrogens (tertiary/aromatic N) is 3. The van der Waals surface area contributed by atoms with Crippen LogP contribution >= 0.6 is 23.1 Å². The van der Waals surface area contributed by atoms with Gasteiger partial charge < -0.3 is 25.8 Å². The second-order valence-electron chi connectivity index (χ2n) is 8.59. The molecule has 0 spiro atoms. The number of thioether (sulfide) groups is 1. The summed E-state index contributed by atoms with van der Waals surface area (Å²) >= 11 is 2.56. The highest BCUT2D eigenvalue weighted by molar-refractivity contribution is 8.00. The number of carbonyl (C=O) groups is 3. The second kappa shape index (κ2) is 9.47. The van der Waals surface area contributed by atoms with Crippen molar-refractivity contribution in [2.45, 2.75) is 36.7 Å². The predicted octanol–water partition coefficient (Wildman–Crippen LogP) is -1.63. The van der Waals surface area contributed by atoms with Gasteiger partial charge in [0.05, 0.1) is 17.9 Å². The first kappa shape index (κ1) is 23.6. The predicted molar refractivity (Wildman–Crippen MR) is 128 cm³/mol. The van der Waals surface area contributed by atoms with Crippen molar-refractivity contribution in [3.8, 4) is 0 Å². The Morgan fingerprint density at radius 2 is 2.29 bits per heavy atom. The summed E-state index contributed by atoms with van der Waals surface area (Å²) in [5.74, 6) is -2.13. The Morgan fingerprint density at radius 3 is 3.00 bits per heavy atom. The quantitative estimate of drug-likeness (QED) is 0.222. The SMILES string of the molecule is CON=C(C(=O)NC1C(=O)N2C(C(=O)[O-])=C(C[NH+]3C=CC=C4CCCC43)CSC12)c1csc(N)n1. The monoisotopic (exact) mass is 516 g/mol. The molecule has 35 heavy (non-hydrogen) atoms. The van der Waals surface area contributed by atoms with Crippen molar-refractivity contribution in [3.05, 3.63) is 46.3 Å². The molecule has 1 saturated carbocycles. The van der Waals surface area contributed by atoms with Crippen LogP contribution < -0.4 is 21.1 Å². The van der Waals surface area contributed by atoms with Crippen LogP contribution in [0.1, 0.15) is 25.0 Å². The number of fused-ring (bicyclic) bond motifs is 2. The Balaban J connectivity index is 1.33. The van der Waals surface area contributed by atoms with Gasteiger partial charge in [-0.15, -0.1) is 23.1 Å². The van der Waals surface area contributed by atoms with Gasteiger partial charge in [-0.25, -0.2) is 4.98 Å². The molecule has 11 nitrogen and oxygen atoms in total. The lowest BCUT2D eigenvalue weighted by molar-refractivity contribution is -0.863. The third-order valence-corrected chi connectivity index (χ3v) is 8.59. The molecule has 3 aliphatic heterocycles. The molecule has 1 aromatic rings. The first-order chi connectivity index (χ1) is 16.9. The van der Waals surface area contributed by atoms with Crippen molar-refractivity contribution in [2.24, 2.45) is 5.16 Å². The maximum absolute atomic E-state index is 13.0. The summed E-state index contributed by atoms with van der Waals surface area (Å²) < 4.78 is 0. The number of anilines is 1. The fraction of sp³-hybridized carbons (Fsp3) is 0.409. The van der Waals surface area contributed by atoms with E-state index in [2.05, 4.69) is 27.7 Å². The number of β-lactam (4-membered cyclic amide) rings is 1. The molecular formula is C22H24N6O5S2. The molecule has 184 valence electrons. The molecule has 2 amide bonds. The van der Waals surface area contributed by atoms with Gasteiger partial charge in [0.1, 0.15) is 36.8 Å². The third kappa shape index (κ3) is 4.23. The molecule has 1 aromatic heterocycles. The van der Waals surface area contributed by atoms with E-state index in [9.17, 15) is 19.5 Å². The number of carbonyl (C=O) groups excluding carboxylic acids is 3. The van der Waals surface area contributed by atoms with Crippen LogP contribution in [0, 0.1) is 0 Å². The van der Waals surface area contributed by atoms with Crippen LogP contribution in [0.3, 0.4) is 0 Å². The molecule has 2 fully saturated rings. The van der Waals surface area contributed by atoms with Crippen LogP contribution in [0.25, 0.3) is 0 Å². The molecular weight excluding hydrogens is 492 g/mol. The summed E-state index contributed by atoms with van der Waals surface area (Å²) in [4.78, 5) is 49.2. The lowest BCUT2D eigenvalue weighted by atomic mass is 10.0. The molecule has 13 heteroatoms. The Morgan fingerprint density at radius 1 is 1.46 bits per heavy atom. The van der Waals surface area contributed by atoms with Gasteiger partial charge in [-0.2, -0.15) is 0 Å². The number of aromatic nitrogens is 1. The minimum absolute atomic E-state index is 0.0858. The fourth-order valence-electron chi connectivity index (χ4n) is 5.04. The topological polar surface area (TPSA) is 154 Å². The number of thiazole rings is 1. The van der Waals surface area contributed by atoms with E-state index < -0.39 is 29.2 Å². The lowest BCUT2D eigenvalue weighted by Gasteiger charge is -2.50. The van der Waals surface area contributed by atoms with Crippen LogP contribution in [0.4, 0.5) is 5.13 Å². The highest BCUT2D eigenvalue weighted by Crippen LogP contribution is 2.40. The maximum Gasteiger partial charge on any atom is 0.276 e. The van der Waals surface area contributed by atoms with E-state index in [1.54, 1.807) is 5.38 Å². The number of carboxylic acid groups (broad SMARTS) is 1. The molecule has 1 aliphatic carbocycles. The Hall–Kier alpha value is -3.16. The largest absolute Gasteiger partial charge is 0.543 e. The Kier molecular flexibility index (Phi) is 6.38. The third-order valence-electron chi connectivity index (χ3n) is 6.58. The van der Waals surface area contributed by atoms with Gasteiger partial charge in [0.15, 0.2) is 10.8 Å². The van der Waals surface area contributed by atoms with E-state index in [0.717, 1.165) is 30.6 Å². The molecule has 4 unspecified atom stereocenters. The average molecular weight is 517 g/mol. The van der Waals surface area contributed by atoms with E-state index in [1.807, 2.05) is 6.08 Å². The number of hydrogen-bond donors (Lipinski definition) is 3. The van der Waals surface area contributed by atoms with Crippen LogP contribution in [0.2, 0.25) is 0 Å². The van der Waals surface area contributed by atoms with Gasteiger partial charge in [0, 0.05) is 23.1 Å². The summed E-state index contributed by atoms with van der Waals surface area (Å²) in [6, 6.07) is -0.566. The fourth-order valence-corrected chi connectivity index (χ4v) is 6.94. The maximum atomic E-state index is 13.0. The van der Waals surface area contributed by atoms with E-state index in [-0.39, 0.29) is 22.2 Å². The van der Waals surface area contributed by atoms with E-state index >= 15 is 0 Å². The number of hydrogen-bond acceptors (Lipinski definition) is 10. The van der Waals surface area contributed by atoms with E-state index in [1.165, 1.54) is 34.2 Å². The van der Waals surface area contributed by atoms with Gasteiger partial charge in [0.25, 0.3) is 11.8 Å². The molecule has 4 N–H and O–H groups in total.